The molecule has 0 bridgehead atoms. The van der Waals surface area contributed by atoms with Crippen molar-refractivity contribution in [3.63, 3.8) is 0 Å². The van der Waals surface area contributed by atoms with Gasteiger partial charge in [0.1, 0.15) is 0 Å². The first kappa shape index (κ1) is 10.6. The molecule has 0 unspecified atom stereocenters. The predicted octanol–water partition coefficient (Wildman–Crippen LogP) is 2.03. The van der Waals surface area contributed by atoms with Crippen LogP contribution in [0.15, 0.2) is 24.3 Å². The number of hydrogen-bond acceptors (Lipinski definition) is 2. The lowest BCUT2D eigenvalue weighted by Gasteiger charge is -2.16. The molecule has 0 atom stereocenters. The van der Waals surface area contributed by atoms with Gasteiger partial charge in [-0.15, -0.1) is 0 Å². The van der Waals surface area contributed by atoms with Gasteiger partial charge in [0.25, 0.3) is 5.92 Å². The average Bonchev–Trinajstić information content (AvgIpc) is 2.18. The molecule has 1 aromatic rings. The van der Waals surface area contributed by atoms with E-state index in [9.17, 15) is 8.78 Å². The van der Waals surface area contributed by atoms with E-state index in [1.807, 2.05) is 0 Å². The number of halogens is 2. The minimum atomic E-state index is -3.14. The molecule has 14 heavy (non-hydrogen) atoms. The van der Waals surface area contributed by atoms with Crippen molar-refractivity contribution < 1.29 is 13.9 Å². The Morgan fingerprint density at radius 2 is 2.00 bits per heavy atom. The van der Waals surface area contributed by atoms with Gasteiger partial charge >= 0.3 is 0 Å². The Hall–Kier alpha value is -1.47. The average molecular weight is 197 g/mol. The van der Waals surface area contributed by atoms with E-state index >= 15 is 0 Å². The summed E-state index contributed by atoms with van der Waals surface area (Å²) in [5.74, 6) is -3.14. The van der Waals surface area contributed by atoms with E-state index in [-0.39, 0.29) is 11.1 Å². The Labute approximate surface area is 80.4 Å². The quantitative estimate of drug-likeness (QED) is 0.805. The van der Waals surface area contributed by atoms with Crippen molar-refractivity contribution in [3.05, 3.63) is 35.4 Å². The topological polar surface area (TPSA) is 44.0 Å². The summed E-state index contributed by atoms with van der Waals surface area (Å²) in [4.78, 5) is 0. The van der Waals surface area contributed by atoms with Crippen LogP contribution in [0.3, 0.4) is 0 Å². The Balaban J connectivity index is 3.12. The zero-order valence-corrected chi connectivity index (χ0v) is 7.37. The van der Waals surface area contributed by atoms with Crippen molar-refractivity contribution in [2.75, 3.05) is 6.61 Å². The summed E-state index contributed by atoms with van der Waals surface area (Å²) in [6, 6.07) is 7.21. The van der Waals surface area contributed by atoms with E-state index < -0.39 is 19.0 Å². The van der Waals surface area contributed by atoms with E-state index in [4.69, 9.17) is 10.4 Å². The molecule has 0 fully saturated rings. The fraction of sp³-hybridized carbons (Fsp3) is 0.300. The lowest BCUT2D eigenvalue weighted by atomic mass is 10.0. The SMILES string of the molecule is N#Cc1ccccc1C(F)(F)CCO. The molecule has 0 aliphatic heterocycles. The van der Waals surface area contributed by atoms with Crippen LogP contribution in [-0.2, 0) is 5.92 Å². The van der Waals surface area contributed by atoms with Gasteiger partial charge in [0, 0.05) is 18.6 Å². The molecule has 0 radical (unpaired) electrons. The second-order valence-corrected chi connectivity index (χ2v) is 2.84. The van der Waals surface area contributed by atoms with Crippen LogP contribution in [0.25, 0.3) is 0 Å². The molecule has 0 amide bonds. The Kier molecular flexibility index (Phi) is 3.15. The van der Waals surface area contributed by atoms with Crippen molar-refractivity contribution in [1.29, 1.82) is 5.26 Å². The molecular weight excluding hydrogens is 188 g/mol. The van der Waals surface area contributed by atoms with Gasteiger partial charge in [0.05, 0.1) is 11.6 Å². The number of hydrogen-bond donors (Lipinski definition) is 1. The van der Waals surface area contributed by atoms with Crippen LogP contribution >= 0.6 is 0 Å². The van der Waals surface area contributed by atoms with Gasteiger partial charge in [-0.05, 0) is 6.07 Å². The zero-order valence-electron chi connectivity index (χ0n) is 7.37. The molecule has 1 rings (SSSR count). The first-order valence-corrected chi connectivity index (χ1v) is 4.10. The molecule has 0 saturated carbocycles. The summed E-state index contributed by atoms with van der Waals surface area (Å²) in [6.07, 6.45) is -0.661. The third-order valence-corrected chi connectivity index (χ3v) is 1.87. The molecule has 0 aliphatic rings. The standard InChI is InChI=1S/C10H9F2NO/c11-10(12,5-6-14)9-4-2-1-3-8(9)7-13/h1-4,14H,5-6H2. The van der Waals surface area contributed by atoms with Gasteiger partial charge in [-0.2, -0.15) is 5.26 Å². The third-order valence-electron chi connectivity index (χ3n) is 1.87. The number of nitriles is 1. The summed E-state index contributed by atoms with van der Waals surface area (Å²) in [5.41, 5.74) is -0.373. The number of aliphatic hydroxyl groups excluding tert-OH is 1. The largest absolute Gasteiger partial charge is 0.396 e. The van der Waals surface area contributed by atoms with Crippen LogP contribution in [0.1, 0.15) is 17.5 Å². The van der Waals surface area contributed by atoms with Crippen LogP contribution in [0.2, 0.25) is 0 Å². The number of alkyl halides is 2. The summed E-state index contributed by atoms with van der Waals surface area (Å²) < 4.78 is 26.6. The molecule has 4 heteroatoms. The van der Waals surface area contributed by atoms with Crippen molar-refractivity contribution >= 4 is 0 Å². The van der Waals surface area contributed by atoms with E-state index in [2.05, 4.69) is 0 Å². The Morgan fingerprint density at radius 1 is 1.36 bits per heavy atom. The van der Waals surface area contributed by atoms with Gasteiger partial charge in [-0.3, -0.25) is 0 Å². The normalized spacial score (nSPS) is 11.0. The number of benzene rings is 1. The van der Waals surface area contributed by atoms with Crippen molar-refractivity contribution in [1.82, 2.24) is 0 Å². The fourth-order valence-corrected chi connectivity index (χ4v) is 1.17. The molecule has 74 valence electrons. The molecule has 1 N–H and O–H groups in total. The Morgan fingerprint density at radius 3 is 2.57 bits per heavy atom. The summed E-state index contributed by atoms with van der Waals surface area (Å²) >= 11 is 0. The van der Waals surface area contributed by atoms with Crippen LogP contribution in [-0.4, -0.2) is 11.7 Å². The van der Waals surface area contributed by atoms with E-state index in [1.54, 1.807) is 6.07 Å². The molecule has 0 saturated heterocycles. The Bertz CT molecular complexity index is 357. The van der Waals surface area contributed by atoms with Crippen LogP contribution in [0.5, 0.6) is 0 Å². The maximum absolute atomic E-state index is 13.3. The van der Waals surface area contributed by atoms with Crippen LogP contribution in [0.4, 0.5) is 8.78 Å². The van der Waals surface area contributed by atoms with Crippen molar-refractivity contribution in [2.24, 2.45) is 0 Å². The summed E-state index contributed by atoms with van der Waals surface area (Å²) in [7, 11) is 0. The molecule has 1 aromatic carbocycles. The van der Waals surface area contributed by atoms with Gasteiger partial charge in [0.2, 0.25) is 0 Å². The minimum absolute atomic E-state index is 0.0500. The van der Waals surface area contributed by atoms with Crippen LogP contribution < -0.4 is 0 Å². The highest BCUT2D eigenvalue weighted by molar-refractivity contribution is 5.39. The third kappa shape index (κ3) is 2.06. The molecular formula is C10H9F2NO. The molecule has 0 spiro atoms. The van der Waals surface area contributed by atoms with Gasteiger partial charge in [0.15, 0.2) is 0 Å². The lowest BCUT2D eigenvalue weighted by Crippen LogP contribution is -2.16. The van der Waals surface area contributed by atoms with Crippen molar-refractivity contribution in [2.45, 2.75) is 12.3 Å². The molecule has 0 aliphatic carbocycles. The summed E-state index contributed by atoms with van der Waals surface area (Å²) in [5, 5.41) is 17.1. The number of nitrogens with zero attached hydrogens (tertiary/aromatic N) is 1. The van der Waals surface area contributed by atoms with Gasteiger partial charge < -0.3 is 5.11 Å². The highest BCUT2D eigenvalue weighted by atomic mass is 19.3. The minimum Gasteiger partial charge on any atom is -0.396 e. The highest BCUT2D eigenvalue weighted by Crippen LogP contribution is 2.33. The van der Waals surface area contributed by atoms with E-state index in [0.29, 0.717) is 0 Å². The number of rotatable bonds is 3. The van der Waals surface area contributed by atoms with Crippen LogP contribution in [0, 0.1) is 11.3 Å². The first-order valence-electron chi connectivity index (χ1n) is 4.10. The summed E-state index contributed by atoms with van der Waals surface area (Å²) in [6.45, 7) is -0.604. The fourth-order valence-electron chi connectivity index (χ4n) is 1.17. The number of aliphatic hydroxyl groups is 1. The first-order chi connectivity index (χ1) is 6.61. The molecule has 0 heterocycles. The van der Waals surface area contributed by atoms with E-state index in [1.165, 1.54) is 24.3 Å². The van der Waals surface area contributed by atoms with Gasteiger partial charge in [-0.25, -0.2) is 8.78 Å². The maximum atomic E-state index is 13.3. The van der Waals surface area contributed by atoms with Gasteiger partial charge in [-0.1, -0.05) is 18.2 Å². The monoisotopic (exact) mass is 197 g/mol. The molecule has 0 aromatic heterocycles. The smallest absolute Gasteiger partial charge is 0.276 e. The molecule has 2 nitrogen and oxygen atoms in total. The lowest BCUT2D eigenvalue weighted by molar-refractivity contribution is -0.0271. The predicted molar refractivity (Wildman–Crippen MR) is 46.8 cm³/mol. The zero-order chi connectivity index (χ0) is 10.6. The maximum Gasteiger partial charge on any atom is 0.276 e. The highest BCUT2D eigenvalue weighted by Gasteiger charge is 2.32. The second kappa shape index (κ2) is 4.16. The van der Waals surface area contributed by atoms with Crippen molar-refractivity contribution in [3.8, 4) is 6.07 Å². The second-order valence-electron chi connectivity index (χ2n) is 2.84. The van der Waals surface area contributed by atoms with E-state index in [0.717, 1.165) is 0 Å².